The molecule has 1 aliphatic heterocycles. The number of hydrogen-bond donors (Lipinski definition) is 0. The Morgan fingerprint density at radius 2 is 1.93 bits per heavy atom. The highest BCUT2D eigenvalue weighted by Gasteiger charge is 2.32. The molecule has 7 heteroatoms. The van der Waals surface area contributed by atoms with Gasteiger partial charge in [0.25, 0.3) is 5.91 Å². The van der Waals surface area contributed by atoms with E-state index in [1.807, 2.05) is 26.0 Å². The number of fused-ring (bicyclic) bond motifs is 1. The zero-order valence-corrected chi connectivity index (χ0v) is 16.1. The van der Waals surface area contributed by atoms with Crippen LogP contribution in [0.3, 0.4) is 0 Å². The molecule has 0 radical (unpaired) electrons. The first kappa shape index (κ1) is 19.9. The Kier molecular flexibility index (Phi) is 5.72. The van der Waals surface area contributed by atoms with Gasteiger partial charge in [-0.2, -0.15) is 8.78 Å². The number of ether oxygens (including phenoxy) is 3. The molecule has 0 aliphatic carbocycles. The predicted octanol–water partition coefficient (Wildman–Crippen LogP) is 4.04. The average Bonchev–Trinajstić information content (AvgIpc) is 2.95. The lowest BCUT2D eigenvalue weighted by Gasteiger charge is -2.20. The highest BCUT2D eigenvalue weighted by atomic mass is 19.3. The first-order valence-corrected chi connectivity index (χ1v) is 8.95. The highest BCUT2D eigenvalue weighted by molar-refractivity contribution is 5.77. The smallest absolute Gasteiger partial charge is 0.387 e. The van der Waals surface area contributed by atoms with Crippen LogP contribution in [0.1, 0.15) is 25.0 Å². The van der Waals surface area contributed by atoms with E-state index in [9.17, 15) is 13.6 Å². The van der Waals surface area contributed by atoms with Crippen molar-refractivity contribution in [3.63, 3.8) is 0 Å². The summed E-state index contributed by atoms with van der Waals surface area (Å²) >= 11 is 0. The first-order valence-electron chi connectivity index (χ1n) is 8.95. The predicted molar refractivity (Wildman–Crippen MR) is 99.9 cm³/mol. The van der Waals surface area contributed by atoms with E-state index in [-0.39, 0.29) is 23.9 Å². The van der Waals surface area contributed by atoms with Crippen LogP contribution < -0.4 is 14.2 Å². The van der Waals surface area contributed by atoms with Crippen molar-refractivity contribution in [1.82, 2.24) is 4.90 Å². The van der Waals surface area contributed by atoms with Crippen LogP contribution in [0.4, 0.5) is 8.78 Å². The summed E-state index contributed by atoms with van der Waals surface area (Å²) in [5.41, 5.74) is 1.57. The lowest BCUT2D eigenvalue weighted by atomic mass is 10.0. The largest absolute Gasteiger partial charge is 0.483 e. The van der Waals surface area contributed by atoms with E-state index >= 15 is 0 Å². The molecular weight excluding hydrogens is 368 g/mol. The number of alkyl halides is 2. The third-order valence-electron chi connectivity index (χ3n) is 4.40. The van der Waals surface area contributed by atoms with Crippen LogP contribution in [0.2, 0.25) is 0 Å². The van der Waals surface area contributed by atoms with Crippen LogP contribution in [0, 0.1) is 0 Å². The van der Waals surface area contributed by atoms with Gasteiger partial charge in [0.1, 0.15) is 11.4 Å². The molecule has 1 heterocycles. The van der Waals surface area contributed by atoms with Gasteiger partial charge in [0.2, 0.25) is 0 Å². The SMILES string of the molecule is CN(Cc1ccc(OC(F)F)cc1)C(=O)COc1cccc2c1OC(C)(C)C2. The van der Waals surface area contributed by atoms with Crippen LogP contribution in [0.25, 0.3) is 0 Å². The molecule has 1 amide bonds. The molecule has 0 saturated heterocycles. The van der Waals surface area contributed by atoms with Crippen molar-refractivity contribution in [3.8, 4) is 17.2 Å². The molecule has 0 aromatic heterocycles. The van der Waals surface area contributed by atoms with Crippen molar-refractivity contribution in [2.75, 3.05) is 13.7 Å². The summed E-state index contributed by atoms with van der Waals surface area (Å²) in [6.07, 6.45) is 0.790. The zero-order chi connectivity index (χ0) is 20.3. The summed E-state index contributed by atoms with van der Waals surface area (Å²) < 4.78 is 40.3. The van der Waals surface area contributed by atoms with Crippen molar-refractivity contribution >= 4 is 5.91 Å². The Hall–Kier alpha value is -2.83. The van der Waals surface area contributed by atoms with Crippen LogP contribution in [-0.2, 0) is 17.8 Å². The summed E-state index contributed by atoms with van der Waals surface area (Å²) in [6.45, 7) is 1.36. The maximum absolute atomic E-state index is 12.4. The van der Waals surface area contributed by atoms with Gasteiger partial charge in [-0.05, 0) is 37.6 Å². The second kappa shape index (κ2) is 8.04. The monoisotopic (exact) mass is 391 g/mol. The minimum atomic E-state index is -2.86. The molecule has 150 valence electrons. The first-order chi connectivity index (χ1) is 13.2. The molecule has 0 unspecified atom stereocenters. The second-order valence-corrected chi connectivity index (χ2v) is 7.34. The van der Waals surface area contributed by atoms with E-state index < -0.39 is 6.61 Å². The molecular formula is C21H23F2NO4. The number of hydrogen-bond acceptors (Lipinski definition) is 4. The van der Waals surface area contributed by atoms with E-state index in [0.29, 0.717) is 18.0 Å². The normalized spacial score (nSPS) is 14.4. The van der Waals surface area contributed by atoms with Gasteiger partial charge in [0, 0.05) is 25.6 Å². The number of amides is 1. The quantitative estimate of drug-likeness (QED) is 0.715. The summed E-state index contributed by atoms with van der Waals surface area (Å²) in [4.78, 5) is 13.9. The number of para-hydroxylation sites is 1. The highest BCUT2D eigenvalue weighted by Crippen LogP contribution is 2.41. The molecule has 1 aliphatic rings. The molecule has 0 bridgehead atoms. The standard InChI is InChI=1S/C21H23F2NO4/c1-21(2)11-15-5-4-6-17(19(15)28-21)26-13-18(25)24(3)12-14-7-9-16(10-8-14)27-20(22)23/h4-10,20H,11-13H2,1-3H3. The fraction of sp³-hybridized carbons (Fsp3) is 0.381. The van der Waals surface area contributed by atoms with Gasteiger partial charge in [-0.15, -0.1) is 0 Å². The molecule has 28 heavy (non-hydrogen) atoms. The van der Waals surface area contributed by atoms with Gasteiger partial charge in [0.15, 0.2) is 18.1 Å². The summed E-state index contributed by atoms with van der Waals surface area (Å²) in [7, 11) is 1.66. The Bertz CT molecular complexity index is 837. The number of carbonyl (C=O) groups is 1. The zero-order valence-electron chi connectivity index (χ0n) is 16.1. The Balaban J connectivity index is 1.55. The van der Waals surface area contributed by atoms with Gasteiger partial charge < -0.3 is 19.1 Å². The van der Waals surface area contributed by atoms with Crippen molar-refractivity contribution in [1.29, 1.82) is 0 Å². The molecule has 2 aromatic carbocycles. The number of carbonyl (C=O) groups excluding carboxylic acids is 1. The van der Waals surface area contributed by atoms with Crippen molar-refractivity contribution < 1.29 is 27.8 Å². The van der Waals surface area contributed by atoms with E-state index in [2.05, 4.69) is 4.74 Å². The third-order valence-corrected chi connectivity index (χ3v) is 4.40. The Morgan fingerprint density at radius 3 is 2.61 bits per heavy atom. The van der Waals surface area contributed by atoms with Gasteiger partial charge >= 0.3 is 6.61 Å². The van der Waals surface area contributed by atoms with Crippen LogP contribution >= 0.6 is 0 Å². The Labute approximate surface area is 162 Å². The number of benzene rings is 2. The molecule has 0 fully saturated rings. The van der Waals surface area contributed by atoms with Gasteiger partial charge in [0.05, 0.1) is 0 Å². The summed E-state index contributed by atoms with van der Waals surface area (Å²) in [5, 5.41) is 0. The van der Waals surface area contributed by atoms with E-state index in [0.717, 1.165) is 17.5 Å². The molecule has 0 spiro atoms. The van der Waals surface area contributed by atoms with Gasteiger partial charge in [-0.3, -0.25) is 4.79 Å². The number of halogens is 2. The molecule has 0 atom stereocenters. The molecule has 2 aromatic rings. The molecule has 3 rings (SSSR count). The third kappa shape index (κ3) is 4.91. The topological polar surface area (TPSA) is 48.0 Å². The summed E-state index contributed by atoms with van der Waals surface area (Å²) in [5.74, 6) is 1.12. The van der Waals surface area contributed by atoms with Crippen LogP contribution in [0.5, 0.6) is 17.2 Å². The Morgan fingerprint density at radius 1 is 1.21 bits per heavy atom. The fourth-order valence-corrected chi connectivity index (χ4v) is 3.09. The molecule has 5 nitrogen and oxygen atoms in total. The van der Waals surface area contributed by atoms with Crippen LogP contribution in [0.15, 0.2) is 42.5 Å². The van der Waals surface area contributed by atoms with Gasteiger partial charge in [-0.25, -0.2) is 0 Å². The average molecular weight is 391 g/mol. The van der Waals surface area contributed by atoms with Crippen molar-refractivity contribution in [3.05, 3.63) is 53.6 Å². The minimum Gasteiger partial charge on any atom is -0.483 e. The maximum atomic E-state index is 12.4. The van der Waals surface area contributed by atoms with E-state index in [1.165, 1.54) is 17.0 Å². The molecule has 0 saturated carbocycles. The number of nitrogens with zero attached hydrogens (tertiary/aromatic N) is 1. The van der Waals surface area contributed by atoms with Crippen molar-refractivity contribution in [2.45, 2.75) is 39.0 Å². The van der Waals surface area contributed by atoms with E-state index in [1.54, 1.807) is 25.2 Å². The van der Waals surface area contributed by atoms with Gasteiger partial charge in [-0.1, -0.05) is 24.3 Å². The van der Waals surface area contributed by atoms with Crippen LogP contribution in [-0.4, -0.2) is 36.7 Å². The second-order valence-electron chi connectivity index (χ2n) is 7.34. The maximum Gasteiger partial charge on any atom is 0.387 e. The van der Waals surface area contributed by atoms with E-state index in [4.69, 9.17) is 9.47 Å². The molecule has 0 N–H and O–H groups in total. The lowest BCUT2D eigenvalue weighted by Crippen LogP contribution is -2.31. The number of rotatable bonds is 7. The number of likely N-dealkylation sites (N-methyl/N-ethyl adjacent to an activating group) is 1. The minimum absolute atomic E-state index is 0.0805. The lowest BCUT2D eigenvalue weighted by molar-refractivity contribution is -0.132. The summed E-state index contributed by atoms with van der Waals surface area (Å²) in [6, 6.07) is 11.8. The fourth-order valence-electron chi connectivity index (χ4n) is 3.09. The van der Waals surface area contributed by atoms with Crippen molar-refractivity contribution in [2.24, 2.45) is 0 Å².